The Morgan fingerprint density at radius 1 is 1.08 bits per heavy atom. The number of nitrogens with zero attached hydrogens (tertiary/aromatic N) is 7. The van der Waals surface area contributed by atoms with E-state index in [2.05, 4.69) is 67.7 Å². The van der Waals surface area contributed by atoms with E-state index < -0.39 is 0 Å². The number of tetrazole rings is 1. The average Bonchev–Trinajstić information content (AvgIpc) is 3.12. The molecular weight excluding hydrogens is 314 g/mol. The molecule has 0 spiro atoms. The van der Waals surface area contributed by atoms with Crippen molar-refractivity contribution in [1.29, 1.82) is 0 Å². The zero-order valence-corrected chi connectivity index (χ0v) is 14.5. The summed E-state index contributed by atoms with van der Waals surface area (Å²) in [4.78, 5) is 4.95. The maximum absolute atomic E-state index is 4.55. The molecule has 1 saturated heterocycles. The van der Waals surface area contributed by atoms with Crippen molar-refractivity contribution < 1.29 is 0 Å². The molecule has 1 atom stereocenters. The van der Waals surface area contributed by atoms with Crippen LogP contribution >= 0.6 is 0 Å². The van der Waals surface area contributed by atoms with Gasteiger partial charge in [0.05, 0.1) is 0 Å². The fraction of sp³-hybridized carbons (Fsp3) is 0.444. The molecule has 3 heterocycles. The second-order valence-corrected chi connectivity index (χ2v) is 6.56. The van der Waals surface area contributed by atoms with Gasteiger partial charge in [-0.05, 0) is 34.5 Å². The number of benzene rings is 1. The molecule has 1 unspecified atom stereocenters. The summed E-state index contributed by atoms with van der Waals surface area (Å²) in [6.45, 7) is 6.26. The van der Waals surface area contributed by atoms with Gasteiger partial charge in [0.25, 0.3) is 0 Å². The fourth-order valence-corrected chi connectivity index (χ4v) is 3.54. The van der Waals surface area contributed by atoms with E-state index in [4.69, 9.17) is 0 Å². The first kappa shape index (κ1) is 16.0. The molecule has 0 amide bonds. The van der Waals surface area contributed by atoms with Gasteiger partial charge in [-0.1, -0.05) is 43.7 Å². The van der Waals surface area contributed by atoms with Gasteiger partial charge in [0.1, 0.15) is 0 Å². The summed E-state index contributed by atoms with van der Waals surface area (Å²) in [5.74, 6) is 0.945. The van der Waals surface area contributed by atoms with Crippen molar-refractivity contribution in [2.45, 2.75) is 32.4 Å². The second-order valence-electron chi connectivity index (χ2n) is 6.56. The Labute approximate surface area is 147 Å². The summed E-state index contributed by atoms with van der Waals surface area (Å²) in [5.41, 5.74) is 2.06. The lowest BCUT2D eigenvalue weighted by Crippen LogP contribution is -2.53. The summed E-state index contributed by atoms with van der Waals surface area (Å²) in [5, 5.41) is 16.0. The summed E-state index contributed by atoms with van der Waals surface area (Å²) >= 11 is 0. The number of fused-ring (bicyclic) bond motifs is 1. The number of aromatic nitrogens is 5. The lowest BCUT2D eigenvalue weighted by Gasteiger charge is -2.42. The monoisotopic (exact) mass is 337 g/mol. The van der Waals surface area contributed by atoms with Crippen LogP contribution in [0.1, 0.15) is 25.3 Å². The highest BCUT2D eigenvalue weighted by molar-refractivity contribution is 5.44. The van der Waals surface area contributed by atoms with Crippen molar-refractivity contribution >= 4 is 11.5 Å². The van der Waals surface area contributed by atoms with E-state index in [1.807, 2.05) is 12.1 Å². The fourth-order valence-electron chi connectivity index (χ4n) is 3.54. The third-order valence-corrected chi connectivity index (χ3v) is 4.83. The van der Waals surface area contributed by atoms with Crippen LogP contribution in [-0.4, -0.2) is 55.8 Å². The van der Waals surface area contributed by atoms with Gasteiger partial charge in [-0.2, -0.15) is 0 Å². The molecule has 0 aliphatic carbocycles. The van der Waals surface area contributed by atoms with Crippen LogP contribution in [0.15, 0.2) is 42.5 Å². The Balaban J connectivity index is 1.50. The van der Waals surface area contributed by atoms with Gasteiger partial charge in [-0.15, -0.1) is 14.8 Å². The molecule has 7 nitrogen and oxygen atoms in total. The first-order valence-electron chi connectivity index (χ1n) is 8.92. The molecule has 25 heavy (non-hydrogen) atoms. The molecule has 0 radical (unpaired) electrons. The zero-order valence-electron chi connectivity index (χ0n) is 14.5. The van der Waals surface area contributed by atoms with Crippen LogP contribution in [0.2, 0.25) is 0 Å². The van der Waals surface area contributed by atoms with Crippen LogP contribution < -0.4 is 4.90 Å². The largest absolute Gasteiger partial charge is 0.352 e. The summed E-state index contributed by atoms with van der Waals surface area (Å²) in [6, 6.07) is 15.2. The number of rotatable bonds is 5. The molecular formula is C18H23N7. The Kier molecular flexibility index (Phi) is 4.56. The van der Waals surface area contributed by atoms with Gasteiger partial charge in [0.2, 0.25) is 0 Å². The Morgan fingerprint density at radius 2 is 1.96 bits per heavy atom. The Bertz CT molecular complexity index is 816. The standard InChI is InChI=1S/C18H23N7/c1-2-6-16-14-24(18-10-9-17-19-21-22-25(17)20-18)12-11-23(16)13-15-7-4-3-5-8-15/h3-5,7-10,16H,2,6,11-14H2,1H3. The summed E-state index contributed by atoms with van der Waals surface area (Å²) in [7, 11) is 0. The molecule has 1 aromatic carbocycles. The lowest BCUT2D eigenvalue weighted by molar-refractivity contribution is 0.158. The van der Waals surface area contributed by atoms with E-state index in [1.165, 1.54) is 23.0 Å². The minimum atomic E-state index is 0.533. The molecule has 1 aliphatic rings. The second kappa shape index (κ2) is 7.14. The number of piperazine rings is 1. The molecule has 130 valence electrons. The summed E-state index contributed by atoms with van der Waals surface area (Å²) in [6.07, 6.45) is 2.37. The van der Waals surface area contributed by atoms with E-state index in [0.717, 1.165) is 32.0 Å². The first-order chi connectivity index (χ1) is 12.3. The maximum atomic E-state index is 4.55. The minimum Gasteiger partial charge on any atom is -0.352 e. The van der Waals surface area contributed by atoms with Crippen LogP contribution in [0.4, 0.5) is 5.82 Å². The normalized spacial score (nSPS) is 18.8. The molecule has 1 aliphatic heterocycles. The SMILES string of the molecule is CCCC1CN(c2ccc3nnnn3n2)CCN1Cc1ccccc1. The van der Waals surface area contributed by atoms with E-state index in [0.29, 0.717) is 11.7 Å². The van der Waals surface area contributed by atoms with E-state index in [1.54, 1.807) is 0 Å². The molecule has 0 bridgehead atoms. The maximum Gasteiger partial charge on any atom is 0.200 e. The predicted octanol–water partition coefficient (Wildman–Crippen LogP) is 2.01. The quantitative estimate of drug-likeness (QED) is 0.710. The third-order valence-electron chi connectivity index (χ3n) is 4.83. The van der Waals surface area contributed by atoms with Gasteiger partial charge >= 0.3 is 0 Å². The van der Waals surface area contributed by atoms with Gasteiger partial charge < -0.3 is 4.90 Å². The van der Waals surface area contributed by atoms with E-state index in [-0.39, 0.29) is 0 Å². The Hall–Kier alpha value is -2.54. The number of hydrogen-bond acceptors (Lipinski definition) is 6. The van der Waals surface area contributed by atoms with Crippen LogP contribution in [0, 0.1) is 0 Å². The van der Waals surface area contributed by atoms with Gasteiger partial charge in [0.15, 0.2) is 11.5 Å². The third kappa shape index (κ3) is 3.46. The molecule has 4 rings (SSSR count). The number of hydrogen-bond donors (Lipinski definition) is 0. The van der Waals surface area contributed by atoms with Crippen molar-refractivity contribution in [2.75, 3.05) is 24.5 Å². The molecule has 1 fully saturated rings. The predicted molar refractivity (Wildman–Crippen MR) is 96.3 cm³/mol. The molecule has 3 aromatic rings. The summed E-state index contributed by atoms with van der Waals surface area (Å²) < 4.78 is 1.50. The lowest BCUT2D eigenvalue weighted by atomic mass is 10.1. The van der Waals surface area contributed by atoms with Gasteiger partial charge in [-0.25, -0.2) is 0 Å². The van der Waals surface area contributed by atoms with Crippen LogP contribution in [0.3, 0.4) is 0 Å². The van der Waals surface area contributed by atoms with Crippen LogP contribution in [-0.2, 0) is 6.54 Å². The van der Waals surface area contributed by atoms with Crippen molar-refractivity contribution in [3.8, 4) is 0 Å². The molecule has 0 N–H and O–H groups in total. The van der Waals surface area contributed by atoms with E-state index >= 15 is 0 Å². The minimum absolute atomic E-state index is 0.533. The van der Waals surface area contributed by atoms with Crippen molar-refractivity contribution in [3.05, 3.63) is 48.0 Å². The number of anilines is 1. The molecule has 7 heteroatoms. The van der Waals surface area contributed by atoms with Crippen molar-refractivity contribution in [3.63, 3.8) is 0 Å². The van der Waals surface area contributed by atoms with Crippen LogP contribution in [0.5, 0.6) is 0 Å². The highest BCUT2D eigenvalue weighted by Gasteiger charge is 2.27. The topological polar surface area (TPSA) is 62.5 Å². The van der Waals surface area contributed by atoms with Gasteiger partial charge in [-0.3, -0.25) is 4.90 Å². The highest BCUT2D eigenvalue weighted by atomic mass is 15.6. The zero-order chi connectivity index (χ0) is 17.1. The van der Waals surface area contributed by atoms with E-state index in [9.17, 15) is 0 Å². The first-order valence-corrected chi connectivity index (χ1v) is 8.92. The van der Waals surface area contributed by atoms with Crippen molar-refractivity contribution in [1.82, 2.24) is 30.2 Å². The molecule has 0 saturated carbocycles. The van der Waals surface area contributed by atoms with Crippen LogP contribution in [0.25, 0.3) is 5.65 Å². The van der Waals surface area contributed by atoms with Gasteiger partial charge in [0, 0.05) is 32.2 Å². The van der Waals surface area contributed by atoms with Crippen molar-refractivity contribution in [2.24, 2.45) is 0 Å². The smallest absolute Gasteiger partial charge is 0.200 e. The Morgan fingerprint density at radius 3 is 2.80 bits per heavy atom. The average molecular weight is 337 g/mol. The molecule has 2 aromatic heterocycles. The highest BCUT2D eigenvalue weighted by Crippen LogP contribution is 2.21.